The summed E-state index contributed by atoms with van der Waals surface area (Å²) in [5.41, 5.74) is 1.19. The fourth-order valence-electron chi connectivity index (χ4n) is 2.13. The van der Waals surface area contributed by atoms with Gasteiger partial charge in [0.1, 0.15) is 5.69 Å². The fourth-order valence-corrected chi connectivity index (χ4v) is 2.63. The summed E-state index contributed by atoms with van der Waals surface area (Å²) in [5.74, 6) is 0. The molecule has 3 aromatic rings. The average molecular weight is 381 g/mol. The molecule has 3 N–H and O–H groups in total. The molecule has 7 heteroatoms. The third kappa shape index (κ3) is 3.08. The van der Waals surface area contributed by atoms with Gasteiger partial charge < -0.3 is 15.3 Å². The summed E-state index contributed by atoms with van der Waals surface area (Å²) in [6.45, 7) is 0.239. The fraction of sp³-hybridized carbons (Fsp3) is 0.0667. The Labute approximate surface area is 138 Å². The molecule has 3 rings (SSSR count). The van der Waals surface area contributed by atoms with E-state index >= 15 is 0 Å². The SMILES string of the molecule is O=c1[nH]c2ccc(Cl)cc2cc1CNc1ccc(Br)[nH]c1=O. The average Bonchev–Trinajstić information content (AvgIpc) is 2.47. The van der Waals surface area contributed by atoms with E-state index in [1.807, 2.05) is 0 Å². The van der Waals surface area contributed by atoms with Crippen molar-refractivity contribution in [3.8, 4) is 0 Å². The molecular formula is C15H11BrClN3O2. The second kappa shape index (κ2) is 5.98. The Morgan fingerprint density at radius 2 is 1.86 bits per heavy atom. The van der Waals surface area contributed by atoms with Gasteiger partial charge in [-0.25, -0.2) is 0 Å². The first-order chi connectivity index (χ1) is 10.5. The van der Waals surface area contributed by atoms with E-state index in [-0.39, 0.29) is 17.7 Å². The van der Waals surface area contributed by atoms with Crippen LogP contribution in [0.25, 0.3) is 10.9 Å². The number of pyridine rings is 2. The Morgan fingerprint density at radius 1 is 1.05 bits per heavy atom. The van der Waals surface area contributed by atoms with E-state index < -0.39 is 0 Å². The second-order valence-electron chi connectivity index (χ2n) is 4.76. The highest BCUT2D eigenvalue weighted by Gasteiger charge is 2.05. The number of aromatic nitrogens is 2. The van der Waals surface area contributed by atoms with Crippen LogP contribution in [0.2, 0.25) is 5.02 Å². The Hall–Kier alpha value is -2.05. The maximum atomic E-state index is 12.1. The monoisotopic (exact) mass is 379 g/mol. The molecule has 5 nitrogen and oxygen atoms in total. The molecule has 0 aliphatic carbocycles. The molecule has 1 aromatic carbocycles. The van der Waals surface area contributed by atoms with Gasteiger partial charge in [-0.05, 0) is 52.3 Å². The van der Waals surface area contributed by atoms with Gasteiger partial charge in [0.25, 0.3) is 11.1 Å². The summed E-state index contributed by atoms with van der Waals surface area (Å²) in [6, 6.07) is 10.4. The Morgan fingerprint density at radius 3 is 2.64 bits per heavy atom. The molecule has 0 radical (unpaired) electrons. The van der Waals surface area contributed by atoms with Gasteiger partial charge in [0.15, 0.2) is 0 Å². The normalized spacial score (nSPS) is 10.8. The molecule has 22 heavy (non-hydrogen) atoms. The van der Waals surface area contributed by atoms with E-state index in [4.69, 9.17) is 11.6 Å². The molecule has 0 bridgehead atoms. The van der Waals surface area contributed by atoms with E-state index in [0.717, 1.165) is 10.9 Å². The van der Waals surface area contributed by atoms with Crippen molar-refractivity contribution in [2.24, 2.45) is 0 Å². The molecule has 0 saturated heterocycles. The number of aromatic amines is 2. The maximum absolute atomic E-state index is 12.1. The van der Waals surface area contributed by atoms with Gasteiger partial charge in [-0.3, -0.25) is 9.59 Å². The van der Waals surface area contributed by atoms with Crippen molar-refractivity contribution in [2.75, 3.05) is 5.32 Å². The van der Waals surface area contributed by atoms with Crippen LogP contribution < -0.4 is 16.4 Å². The van der Waals surface area contributed by atoms with Crippen LogP contribution >= 0.6 is 27.5 Å². The van der Waals surface area contributed by atoms with Crippen LogP contribution in [-0.4, -0.2) is 9.97 Å². The van der Waals surface area contributed by atoms with Crippen molar-refractivity contribution in [1.82, 2.24) is 9.97 Å². The number of fused-ring (bicyclic) bond motifs is 1. The highest BCUT2D eigenvalue weighted by Crippen LogP contribution is 2.17. The van der Waals surface area contributed by atoms with E-state index in [1.54, 1.807) is 36.4 Å². The summed E-state index contributed by atoms with van der Waals surface area (Å²) in [6.07, 6.45) is 0. The highest BCUT2D eigenvalue weighted by molar-refractivity contribution is 9.10. The third-order valence-electron chi connectivity index (χ3n) is 3.23. The molecule has 2 aromatic heterocycles. The number of hydrogen-bond acceptors (Lipinski definition) is 3. The minimum Gasteiger partial charge on any atom is -0.376 e. The van der Waals surface area contributed by atoms with Crippen molar-refractivity contribution >= 4 is 44.1 Å². The van der Waals surface area contributed by atoms with Crippen molar-refractivity contribution in [2.45, 2.75) is 6.54 Å². The number of hydrogen-bond donors (Lipinski definition) is 3. The smallest absolute Gasteiger partial charge is 0.272 e. The van der Waals surface area contributed by atoms with Gasteiger partial charge in [-0.15, -0.1) is 0 Å². The first kappa shape index (κ1) is 14.9. The van der Waals surface area contributed by atoms with Crippen LogP contribution in [0.4, 0.5) is 5.69 Å². The van der Waals surface area contributed by atoms with Crippen molar-refractivity contribution < 1.29 is 0 Å². The minimum absolute atomic E-state index is 0.198. The number of H-pyrrole nitrogens is 2. The maximum Gasteiger partial charge on any atom is 0.272 e. The van der Waals surface area contributed by atoms with Gasteiger partial charge in [-0.1, -0.05) is 11.6 Å². The van der Waals surface area contributed by atoms with Gasteiger partial charge >= 0.3 is 0 Å². The summed E-state index contributed by atoms with van der Waals surface area (Å²) < 4.78 is 0.598. The lowest BCUT2D eigenvalue weighted by molar-refractivity contribution is 1.07. The molecule has 0 atom stereocenters. The summed E-state index contributed by atoms with van der Waals surface area (Å²) in [7, 11) is 0. The molecule has 0 aliphatic heterocycles. The topological polar surface area (TPSA) is 77.8 Å². The van der Waals surface area contributed by atoms with Gasteiger partial charge in [0.2, 0.25) is 0 Å². The number of anilines is 1. The standard InChI is InChI=1S/C15H11BrClN3O2/c16-13-4-3-12(15(22)20-13)18-7-9-5-8-6-10(17)1-2-11(8)19-14(9)21/h1-6,18H,7H2,(H,19,21)(H,20,22). The van der Waals surface area contributed by atoms with Gasteiger partial charge in [0.05, 0.1) is 4.60 Å². The van der Waals surface area contributed by atoms with Crippen molar-refractivity contribution in [3.05, 3.63) is 72.3 Å². The lowest BCUT2D eigenvalue weighted by atomic mass is 10.1. The van der Waals surface area contributed by atoms with Gasteiger partial charge in [0, 0.05) is 28.0 Å². The number of rotatable bonds is 3. The van der Waals surface area contributed by atoms with E-state index in [2.05, 4.69) is 31.2 Å². The van der Waals surface area contributed by atoms with Crippen LogP contribution in [0.15, 0.2) is 50.6 Å². The molecule has 0 unspecified atom stereocenters. The van der Waals surface area contributed by atoms with Crippen molar-refractivity contribution in [3.63, 3.8) is 0 Å². The Balaban J connectivity index is 1.91. The molecular weight excluding hydrogens is 370 g/mol. The third-order valence-corrected chi connectivity index (χ3v) is 3.92. The molecule has 2 heterocycles. The van der Waals surface area contributed by atoms with Crippen LogP contribution in [0.1, 0.15) is 5.56 Å². The Bertz CT molecular complexity index is 965. The summed E-state index contributed by atoms with van der Waals surface area (Å²) >= 11 is 9.15. The summed E-state index contributed by atoms with van der Waals surface area (Å²) in [4.78, 5) is 29.2. The molecule has 0 amide bonds. The molecule has 0 spiro atoms. The van der Waals surface area contributed by atoms with Crippen LogP contribution in [0.3, 0.4) is 0 Å². The predicted molar refractivity (Wildman–Crippen MR) is 91.7 cm³/mol. The van der Waals surface area contributed by atoms with E-state index in [9.17, 15) is 9.59 Å². The predicted octanol–water partition coefficient (Wildman–Crippen LogP) is 3.24. The molecule has 0 aliphatic rings. The first-order valence-corrected chi connectivity index (χ1v) is 7.64. The quantitative estimate of drug-likeness (QED) is 0.610. The number of halogens is 2. The second-order valence-corrected chi connectivity index (χ2v) is 6.05. The summed E-state index contributed by atoms with van der Waals surface area (Å²) in [5, 5.41) is 4.40. The van der Waals surface area contributed by atoms with Crippen LogP contribution in [-0.2, 0) is 6.54 Å². The zero-order valence-corrected chi connectivity index (χ0v) is 13.6. The number of nitrogens with one attached hydrogen (secondary N) is 3. The molecule has 0 fully saturated rings. The zero-order valence-electron chi connectivity index (χ0n) is 11.2. The largest absolute Gasteiger partial charge is 0.376 e. The first-order valence-electron chi connectivity index (χ1n) is 6.47. The van der Waals surface area contributed by atoms with Crippen LogP contribution in [0, 0.1) is 0 Å². The lowest BCUT2D eigenvalue weighted by Gasteiger charge is -2.07. The molecule has 112 valence electrons. The lowest BCUT2D eigenvalue weighted by Crippen LogP contribution is -2.19. The van der Waals surface area contributed by atoms with Crippen LogP contribution in [0.5, 0.6) is 0 Å². The van der Waals surface area contributed by atoms with E-state index in [0.29, 0.717) is 20.9 Å². The number of benzene rings is 1. The zero-order chi connectivity index (χ0) is 15.7. The highest BCUT2D eigenvalue weighted by atomic mass is 79.9. The van der Waals surface area contributed by atoms with E-state index in [1.165, 1.54) is 0 Å². The molecule has 0 saturated carbocycles. The Kier molecular flexibility index (Phi) is 4.04. The van der Waals surface area contributed by atoms with Crippen molar-refractivity contribution in [1.29, 1.82) is 0 Å². The van der Waals surface area contributed by atoms with Gasteiger partial charge in [-0.2, -0.15) is 0 Å². The minimum atomic E-state index is -0.255.